The Kier molecular flexibility index (Phi) is 5.36. The van der Waals surface area contributed by atoms with Gasteiger partial charge in [0.25, 0.3) is 0 Å². The number of hydrogen-bond donors (Lipinski definition) is 1. The molecule has 0 fully saturated rings. The molecule has 0 saturated carbocycles. The zero-order valence-electron chi connectivity index (χ0n) is 9.16. The van der Waals surface area contributed by atoms with Crippen LogP contribution in [0.4, 0.5) is 0 Å². The Morgan fingerprint density at radius 2 is 2.47 bits per heavy atom. The molecule has 0 aliphatic carbocycles. The second kappa shape index (κ2) is 6.58. The first-order chi connectivity index (χ1) is 7.24. The molecule has 0 radical (unpaired) electrons. The summed E-state index contributed by atoms with van der Waals surface area (Å²) in [5.41, 5.74) is 0. The Morgan fingerprint density at radius 3 is 3.00 bits per heavy atom. The average molecular weight is 227 g/mol. The van der Waals surface area contributed by atoms with Gasteiger partial charge in [-0.15, -0.1) is 11.3 Å². The quantitative estimate of drug-likeness (QED) is 0.599. The first-order valence-electron chi connectivity index (χ1n) is 5.09. The van der Waals surface area contributed by atoms with E-state index >= 15 is 0 Å². The van der Waals surface area contributed by atoms with Crippen molar-refractivity contribution in [3.63, 3.8) is 0 Å². The van der Waals surface area contributed by atoms with Crippen molar-refractivity contribution >= 4 is 17.3 Å². The van der Waals surface area contributed by atoms with E-state index in [1.165, 1.54) is 6.92 Å². The van der Waals surface area contributed by atoms with Crippen LogP contribution in [0.15, 0.2) is 17.5 Å². The third kappa shape index (κ3) is 4.44. The van der Waals surface area contributed by atoms with Crippen molar-refractivity contribution in [2.45, 2.75) is 25.9 Å². The maximum Gasteiger partial charge on any atom is 0.303 e. The Bertz CT molecular complexity index is 285. The number of carbonyl (C=O) groups is 1. The largest absolute Gasteiger partial charge is 0.457 e. The number of esters is 1. The number of carbonyl (C=O) groups excluding carboxylic acids is 1. The molecule has 0 unspecified atom stereocenters. The fraction of sp³-hybridized carbons (Fsp3) is 0.545. The molecular formula is C11H17NO2S. The molecule has 1 heterocycles. The minimum Gasteiger partial charge on any atom is -0.457 e. The van der Waals surface area contributed by atoms with Crippen molar-refractivity contribution in [3.05, 3.63) is 22.4 Å². The normalized spacial score (nSPS) is 12.4. The number of nitrogens with one attached hydrogen (secondary N) is 1. The molecule has 84 valence electrons. The average Bonchev–Trinajstić information content (AvgIpc) is 2.68. The highest BCUT2D eigenvalue weighted by molar-refractivity contribution is 7.10. The SMILES string of the molecule is CNCCC[C@H](OC(C)=O)c1cccs1. The van der Waals surface area contributed by atoms with Crippen molar-refractivity contribution in [2.24, 2.45) is 0 Å². The topological polar surface area (TPSA) is 38.3 Å². The van der Waals surface area contributed by atoms with Crippen molar-refractivity contribution in [2.75, 3.05) is 13.6 Å². The van der Waals surface area contributed by atoms with Crippen molar-refractivity contribution < 1.29 is 9.53 Å². The molecule has 1 rings (SSSR count). The molecule has 1 aromatic heterocycles. The lowest BCUT2D eigenvalue weighted by molar-refractivity contribution is -0.146. The maximum atomic E-state index is 10.9. The first kappa shape index (κ1) is 12.2. The highest BCUT2D eigenvalue weighted by Gasteiger charge is 2.14. The highest BCUT2D eigenvalue weighted by Crippen LogP contribution is 2.26. The molecule has 0 spiro atoms. The van der Waals surface area contributed by atoms with E-state index in [1.807, 2.05) is 24.6 Å². The van der Waals surface area contributed by atoms with Crippen LogP contribution in [0, 0.1) is 0 Å². The number of thiophene rings is 1. The lowest BCUT2D eigenvalue weighted by Gasteiger charge is -2.15. The fourth-order valence-corrected chi connectivity index (χ4v) is 2.19. The van der Waals surface area contributed by atoms with Crippen molar-refractivity contribution in [1.29, 1.82) is 0 Å². The predicted molar refractivity (Wildman–Crippen MR) is 62.0 cm³/mol. The van der Waals surface area contributed by atoms with Crippen LogP contribution in [-0.4, -0.2) is 19.6 Å². The van der Waals surface area contributed by atoms with Crippen LogP contribution in [0.25, 0.3) is 0 Å². The minimum absolute atomic E-state index is 0.0733. The van der Waals surface area contributed by atoms with E-state index in [0.717, 1.165) is 24.3 Å². The second-order valence-corrected chi connectivity index (χ2v) is 4.34. The van der Waals surface area contributed by atoms with Crippen molar-refractivity contribution in [1.82, 2.24) is 5.32 Å². The molecule has 0 aromatic carbocycles. The fourth-order valence-electron chi connectivity index (χ4n) is 1.40. The summed E-state index contributed by atoms with van der Waals surface area (Å²) in [6.45, 7) is 2.40. The summed E-state index contributed by atoms with van der Waals surface area (Å²) >= 11 is 1.63. The summed E-state index contributed by atoms with van der Waals surface area (Å²) in [6, 6.07) is 3.99. The lowest BCUT2D eigenvalue weighted by Crippen LogP contribution is -2.12. The van der Waals surface area contributed by atoms with Crippen LogP contribution >= 0.6 is 11.3 Å². The summed E-state index contributed by atoms with van der Waals surface area (Å²) in [5.74, 6) is -0.210. The third-order valence-electron chi connectivity index (χ3n) is 2.06. The molecule has 1 N–H and O–H groups in total. The Morgan fingerprint density at radius 1 is 1.67 bits per heavy atom. The van der Waals surface area contributed by atoms with Gasteiger partial charge in [0.15, 0.2) is 0 Å². The van der Waals surface area contributed by atoms with Gasteiger partial charge < -0.3 is 10.1 Å². The van der Waals surface area contributed by atoms with E-state index in [-0.39, 0.29) is 12.1 Å². The molecule has 3 nitrogen and oxygen atoms in total. The van der Waals surface area contributed by atoms with Crippen LogP contribution in [-0.2, 0) is 9.53 Å². The van der Waals surface area contributed by atoms with Gasteiger partial charge in [-0.1, -0.05) is 6.07 Å². The van der Waals surface area contributed by atoms with E-state index < -0.39 is 0 Å². The Balaban J connectivity index is 2.50. The summed E-state index contributed by atoms with van der Waals surface area (Å²) in [4.78, 5) is 12.1. The van der Waals surface area contributed by atoms with Gasteiger partial charge in [0.1, 0.15) is 6.10 Å². The summed E-state index contributed by atoms with van der Waals surface area (Å²) in [7, 11) is 1.92. The molecule has 1 aromatic rings. The van der Waals surface area contributed by atoms with Crippen LogP contribution in [0.1, 0.15) is 30.7 Å². The lowest BCUT2D eigenvalue weighted by atomic mass is 10.1. The van der Waals surface area contributed by atoms with Gasteiger partial charge >= 0.3 is 5.97 Å². The molecule has 0 amide bonds. The molecular weight excluding hydrogens is 210 g/mol. The van der Waals surface area contributed by atoms with Gasteiger partial charge in [-0.3, -0.25) is 4.79 Å². The van der Waals surface area contributed by atoms with Gasteiger partial charge in [0.2, 0.25) is 0 Å². The van der Waals surface area contributed by atoms with Crippen LogP contribution < -0.4 is 5.32 Å². The Labute approximate surface area is 94.5 Å². The van der Waals surface area contributed by atoms with Gasteiger partial charge in [-0.05, 0) is 37.9 Å². The van der Waals surface area contributed by atoms with Gasteiger partial charge in [-0.2, -0.15) is 0 Å². The minimum atomic E-state index is -0.210. The number of rotatable bonds is 6. The molecule has 0 aliphatic rings. The Hall–Kier alpha value is -0.870. The first-order valence-corrected chi connectivity index (χ1v) is 5.97. The van der Waals surface area contributed by atoms with Crippen molar-refractivity contribution in [3.8, 4) is 0 Å². The molecule has 4 heteroatoms. The zero-order valence-corrected chi connectivity index (χ0v) is 9.97. The summed E-state index contributed by atoms with van der Waals surface area (Å²) in [5, 5.41) is 5.09. The van der Waals surface area contributed by atoms with Crippen LogP contribution in [0.3, 0.4) is 0 Å². The van der Waals surface area contributed by atoms with Gasteiger partial charge in [0, 0.05) is 11.8 Å². The molecule has 1 atom stereocenters. The second-order valence-electron chi connectivity index (χ2n) is 3.36. The predicted octanol–water partition coefficient (Wildman–Crippen LogP) is 2.35. The highest BCUT2D eigenvalue weighted by atomic mass is 32.1. The van der Waals surface area contributed by atoms with E-state index in [0.29, 0.717) is 0 Å². The number of hydrogen-bond acceptors (Lipinski definition) is 4. The standard InChI is InChI=1S/C11H17NO2S/c1-9(13)14-10(5-3-7-12-2)11-6-4-8-15-11/h4,6,8,10,12H,3,5,7H2,1-2H3/t10-/m0/s1. The zero-order chi connectivity index (χ0) is 11.1. The summed E-state index contributed by atoms with van der Waals surface area (Å²) in [6.07, 6.45) is 1.81. The van der Waals surface area contributed by atoms with Gasteiger partial charge in [-0.25, -0.2) is 0 Å². The van der Waals surface area contributed by atoms with E-state index in [4.69, 9.17) is 4.74 Å². The van der Waals surface area contributed by atoms with Crippen LogP contribution in [0.2, 0.25) is 0 Å². The van der Waals surface area contributed by atoms with E-state index in [2.05, 4.69) is 5.32 Å². The van der Waals surface area contributed by atoms with Gasteiger partial charge in [0.05, 0.1) is 0 Å². The maximum absolute atomic E-state index is 10.9. The number of ether oxygens (including phenoxy) is 1. The summed E-state index contributed by atoms with van der Waals surface area (Å²) < 4.78 is 5.29. The smallest absolute Gasteiger partial charge is 0.303 e. The molecule has 0 bridgehead atoms. The molecule has 15 heavy (non-hydrogen) atoms. The van der Waals surface area contributed by atoms with Crippen LogP contribution in [0.5, 0.6) is 0 Å². The van der Waals surface area contributed by atoms with E-state index in [9.17, 15) is 4.79 Å². The molecule has 0 aliphatic heterocycles. The van der Waals surface area contributed by atoms with E-state index in [1.54, 1.807) is 11.3 Å². The monoisotopic (exact) mass is 227 g/mol. The molecule has 0 saturated heterocycles. The third-order valence-corrected chi connectivity index (χ3v) is 3.03.